The summed E-state index contributed by atoms with van der Waals surface area (Å²) >= 11 is 0. The molecule has 2 fully saturated rings. The molecule has 0 aromatic heterocycles. The SMILES string of the molecule is CCNC(=O)c1ccc(N)c(NC2CC3CCC2C3)c1. The molecule has 3 unspecified atom stereocenters. The maximum absolute atomic E-state index is 11.9. The summed E-state index contributed by atoms with van der Waals surface area (Å²) in [6.07, 6.45) is 5.32. The van der Waals surface area contributed by atoms with Gasteiger partial charge in [0.25, 0.3) is 5.91 Å². The average Bonchev–Trinajstić information content (AvgIpc) is 3.04. The van der Waals surface area contributed by atoms with Gasteiger partial charge in [-0.15, -0.1) is 0 Å². The Morgan fingerprint density at radius 2 is 2.20 bits per heavy atom. The van der Waals surface area contributed by atoms with Crippen LogP contribution in [0.25, 0.3) is 0 Å². The van der Waals surface area contributed by atoms with Crippen molar-refractivity contribution in [3.05, 3.63) is 23.8 Å². The van der Waals surface area contributed by atoms with Crippen molar-refractivity contribution in [2.24, 2.45) is 11.8 Å². The zero-order valence-corrected chi connectivity index (χ0v) is 12.0. The summed E-state index contributed by atoms with van der Waals surface area (Å²) in [5.41, 5.74) is 8.35. The van der Waals surface area contributed by atoms with E-state index in [4.69, 9.17) is 5.73 Å². The molecule has 1 amide bonds. The quantitative estimate of drug-likeness (QED) is 0.739. The minimum atomic E-state index is -0.0384. The Hall–Kier alpha value is -1.71. The Kier molecular flexibility index (Phi) is 3.55. The first-order valence-electron chi connectivity index (χ1n) is 7.61. The standard InChI is InChI=1S/C16H23N3O/c1-2-18-16(20)12-5-6-13(17)15(9-12)19-14-8-10-3-4-11(14)7-10/h5-6,9-11,14,19H,2-4,7-8,17H2,1H3,(H,18,20). The molecular weight excluding hydrogens is 250 g/mol. The van der Waals surface area contributed by atoms with Crippen LogP contribution in [-0.4, -0.2) is 18.5 Å². The van der Waals surface area contributed by atoms with Gasteiger partial charge < -0.3 is 16.4 Å². The summed E-state index contributed by atoms with van der Waals surface area (Å²) < 4.78 is 0. The van der Waals surface area contributed by atoms with Crippen molar-refractivity contribution in [1.29, 1.82) is 0 Å². The van der Waals surface area contributed by atoms with Crippen LogP contribution in [0.1, 0.15) is 43.0 Å². The third kappa shape index (κ3) is 2.47. The Balaban J connectivity index is 1.75. The van der Waals surface area contributed by atoms with Crippen LogP contribution in [0, 0.1) is 11.8 Å². The van der Waals surface area contributed by atoms with E-state index < -0.39 is 0 Å². The van der Waals surface area contributed by atoms with Crippen LogP contribution in [0.5, 0.6) is 0 Å². The topological polar surface area (TPSA) is 67.2 Å². The molecule has 0 heterocycles. The molecule has 1 aromatic rings. The van der Waals surface area contributed by atoms with Crippen LogP contribution in [0.3, 0.4) is 0 Å². The second kappa shape index (κ2) is 5.35. The molecule has 0 aliphatic heterocycles. The van der Waals surface area contributed by atoms with Crippen molar-refractivity contribution in [3.63, 3.8) is 0 Å². The van der Waals surface area contributed by atoms with E-state index in [-0.39, 0.29) is 5.91 Å². The van der Waals surface area contributed by atoms with E-state index in [2.05, 4.69) is 10.6 Å². The van der Waals surface area contributed by atoms with Crippen LogP contribution in [-0.2, 0) is 0 Å². The number of anilines is 2. The van der Waals surface area contributed by atoms with E-state index in [0.29, 0.717) is 18.2 Å². The number of benzene rings is 1. The monoisotopic (exact) mass is 273 g/mol. The lowest BCUT2D eigenvalue weighted by Crippen LogP contribution is -2.27. The fraction of sp³-hybridized carbons (Fsp3) is 0.562. The molecule has 2 aliphatic rings. The van der Waals surface area contributed by atoms with Gasteiger partial charge in [0.15, 0.2) is 0 Å². The molecule has 2 aliphatic carbocycles. The number of nitrogen functional groups attached to an aromatic ring is 1. The van der Waals surface area contributed by atoms with E-state index in [9.17, 15) is 4.79 Å². The highest BCUT2D eigenvalue weighted by Gasteiger charge is 2.39. The van der Waals surface area contributed by atoms with Crippen LogP contribution in [0.2, 0.25) is 0 Å². The normalized spacial score (nSPS) is 27.6. The first-order chi connectivity index (χ1) is 9.67. The second-order valence-corrected chi connectivity index (χ2v) is 6.09. The van der Waals surface area contributed by atoms with Crippen LogP contribution in [0.15, 0.2) is 18.2 Å². The highest BCUT2D eigenvalue weighted by molar-refractivity contribution is 5.96. The van der Waals surface area contributed by atoms with Gasteiger partial charge in [-0.05, 0) is 56.2 Å². The molecule has 0 spiro atoms. The Morgan fingerprint density at radius 3 is 2.85 bits per heavy atom. The molecule has 20 heavy (non-hydrogen) atoms. The zero-order chi connectivity index (χ0) is 14.1. The number of hydrogen-bond acceptors (Lipinski definition) is 3. The van der Waals surface area contributed by atoms with Crippen LogP contribution < -0.4 is 16.4 Å². The predicted molar refractivity (Wildman–Crippen MR) is 81.7 cm³/mol. The highest BCUT2D eigenvalue weighted by Crippen LogP contribution is 2.45. The van der Waals surface area contributed by atoms with Gasteiger partial charge in [-0.2, -0.15) is 0 Å². The molecule has 0 radical (unpaired) electrons. The molecule has 3 atom stereocenters. The van der Waals surface area contributed by atoms with E-state index in [0.717, 1.165) is 23.2 Å². The van der Waals surface area contributed by atoms with Gasteiger partial charge >= 0.3 is 0 Å². The van der Waals surface area contributed by atoms with E-state index in [1.807, 2.05) is 19.1 Å². The van der Waals surface area contributed by atoms with Crippen molar-refractivity contribution in [3.8, 4) is 0 Å². The second-order valence-electron chi connectivity index (χ2n) is 6.09. The number of rotatable bonds is 4. The van der Waals surface area contributed by atoms with Gasteiger partial charge in [0.05, 0.1) is 11.4 Å². The number of carbonyl (C=O) groups excluding carboxylic acids is 1. The Morgan fingerprint density at radius 1 is 1.35 bits per heavy atom. The maximum atomic E-state index is 11.9. The lowest BCUT2D eigenvalue weighted by Gasteiger charge is -2.25. The smallest absolute Gasteiger partial charge is 0.251 e. The lowest BCUT2D eigenvalue weighted by atomic mass is 9.95. The van der Waals surface area contributed by atoms with Gasteiger partial charge in [-0.3, -0.25) is 4.79 Å². The molecule has 2 bridgehead atoms. The molecule has 4 N–H and O–H groups in total. The fourth-order valence-corrected chi connectivity index (χ4v) is 3.71. The van der Waals surface area contributed by atoms with Crippen LogP contribution >= 0.6 is 0 Å². The molecule has 3 rings (SSSR count). The lowest BCUT2D eigenvalue weighted by molar-refractivity contribution is 0.0956. The summed E-state index contributed by atoms with van der Waals surface area (Å²) in [6, 6.07) is 6.01. The number of nitrogens with two attached hydrogens (primary N) is 1. The number of hydrogen-bond donors (Lipinski definition) is 3. The van der Waals surface area contributed by atoms with Gasteiger partial charge in [0, 0.05) is 18.2 Å². The maximum Gasteiger partial charge on any atom is 0.251 e. The fourth-order valence-electron chi connectivity index (χ4n) is 3.71. The van der Waals surface area contributed by atoms with Gasteiger partial charge in [-0.25, -0.2) is 0 Å². The summed E-state index contributed by atoms with van der Waals surface area (Å²) in [6.45, 7) is 2.56. The van der Waals surface area contributed by atoms with E-state index in [1.54, 1.807) is 6.07 Å². The van der Waals surface area contributed by atoms with Crippen molar-refractivity contribution in [2.45, 2.75) is 38.6 Å². The molecule has 4 nitrogen and oxygen atoms in total. The molecule has 1 aromatic carbocycles. The van der Waals surface area contributed by atoms with E-state index in [1.165, 1.54) is 25.7 Å². The summed E-state index contributed by atoms with van der Waals surface area (Å²) in [5, 5.41) is 6.39. The number of amides is 1. The third-order valence-corrected chi connectivity index (χ3v) is 4.73. The minimum Gasteiger partial charge on any atom is -0.397 e. The first-order valence-corrected chi connectivity index (χ1v) is 7.61. The third-order valence-electron chi connectivity index (χ3n) is 4.73. The molecular formula is C16H23N3O. The Labute approximate surface area is 120 Å². The number of fused-ring (bicyclic) bond motifs is 2. The predicted octanol–water partition coefficient (Wildman–Crippen LogP) is 2.62. The molecule has 0 saturated heterocycles. The summed E-state index contributed by atoms with van der Waals surface area (Å²) in [7, 11) is 0. The van der Waals surface area contributed by atoms with Gasteiger partial charge in [0.2, 0.25) is 0 Å². The number of nitrogens with one attached hydrogen (secondary N) is 2. The van der Waals surface area contributed by atoms with Crippen molar-refractivity contribution in [2.75, 3.05) is 17.6 Å². The van der Waals surface area contributed by atoms with Crippen molar-refractivity contribution >= 4 is 17.3 Å². The Bertz CT molecular complexity index is 514. The summed E-state index contributed by atoms with van der Waals surface area (Å²) in [4.78, 5) is 11.9. The number of carbonyl (C=O) groups is 1. The molecule has 4 heteroatoms. The van der Waals surface area contributed by atoms with Gasteiger partial charge in [0.1, 0.15) is 0 Å². The largest absolute Gasteiger partial charge is 0.397 e. The van der Waals surface area contributed by atoms with E-state index >= 15 is 0 Å². The summed E-state index contributed by atoms with van der Waals surface area (Å²) in [5.74, 6) is 1.64. The zero-order valence-electron chi connectivity index (χ0n) is 12.0. The van der Waals surface area contributed by atoms with Crippen molar-refractivity contribution < 1.29 is 4.79 Å². The molecule has 2 saturated carbocycles. The van der Waals surface area contributed by atoms with Crippen molar-refractivity contribution in [1.82, 2.24) is 5.32 Å². The average molecular weight is 273 g/mol. The molecule has 108 valence electrons. The van der Waals surface area contributed by atoms with Crippen LogP contribution in [0.4, 0.5) is 11.4 Å². The minimum absolute atomic E-state index is 0.0384. The highest BCUT2D eigenvalue weighted by atomic mass is 16.1. The first kappa shape index (κ1) is 13.3. The van der Waals surface area contributed by atoms with Gasteiger partial charge in [-0.1, -0.05) is 6.42 Å².